The molecule has 1 fully saturated rings. The number of fused-ring (bicyclic) bond motifs is 3. The van der Waals surface area contributed by atoms with Gasteiger partial charge in [-0.05, 0) is 42.7 Å². The minimum absolute atomic E-state index is 0.0240. The van der Waals surface area contributed by atoms with E-state index in [0.717, 1.165) is 24.0 Å². The highest BCUT2D eigenvalue weighted by Crippen LogP contribution is 2.56. The van der Waals surface area contributed by atoms with E-state index in [9.17, 15) is 8.42 Å². The highest BCUT2D eigenvalue weighted by molar-refractivity contribution is 7.92. The van der Waals surface area contributed by atoms with Crippen molar-refractivity contribution < 1.29 is 27.2 Å². The summed E-state index contributed by atoms with van der Waals surface area (Å²) in [6, 6.07) is 8.72. The highest BCUT2D eigenvalue weighted by Gasteiger charge is 2.51. The lowest BCUT2D eigenvalue weighted by molar-refractivity contribution is 0.321. The SMILES string of the molecule is COc1cc2c(cc1S(=O)(=O)Nc1noc3cc(Cn4cccn4)cc(OC)c13)C1(CC1)CO2. The molecular weight excluding hydrogens is 460 g/mol. The van der Waals surface area contributed by atoms with Gasteiger partial charge in [0.05, 0.1) is 27.4 Å². The summed E-state index contributed by atoms with van der Waals surface area (Å²) in [7, 11) is -1.12. The monoisotopic (exact) mass is 482 g/mol. The van der Waals surface area contributed by atoms with Crippen LogP contribution in [0.3, 0.4) is 0 Å². The summed E-state index contributed by atoms with van der Waals surface area (Å²) in [5, 5.41) is 8.62. The molecule has 10 nitrogen and oxygen atoms in total. The molecule has 1 aliphatic carbocycles. The number of anilines is 1. The first-order valence-electron chi connectivity index (χ1n) is 10.7. The standard InChI is InChI=1S/C23H22N4O6S/c1-30-17-11-16-15(23(4-5-23)13-32-16)10-20(17)34(28,29)26-22-21-18(31-2)8-14(9-19(21)33-25-22)12-27-7-3-6-24-27/h3,6-11H,4-5,12-13H2,1-2H3,(H,25,26). The van der Waals surface area contributed by atoms with Gasteiger partial charge in [0, 0.05) is 29.4 Å². The molecule has 34 heavy (non-hydrogen) atoms. The molecule has 0 saturated heterocycles. The van der Waals surface area contributed by atoms with E-state index < -0.39 is 10.0 Å². The molecule has 1 spiro atoms. The molecule has 2 aromatic carbocycles. The molecule has 0 bridgehead atoms. The summed E-state index contributed by atoms with van der Waals surface area (Å²) in [6.45, 7) is 1.06. The van der Waals surface area contributed by atoms with Crippen LogP contribution in [0.5, 0.6) is 17.2 Å². The number of aromatic nitrogens is 3. The average Bonchev–Trinajstić information content (AvgIpc) is 3.11. The Bertz CT molecular complexity index is 1510. The van der Waals surface area contributed by atoms with E-state index in [1.165, 1.54) is 14.2 Å². The zero-order valence-electron chi connectivity index (χ0n) is 18.6. The highest BCUT2D eigenvalue weighted by atomic mass is 32.2. The van der Waals surface area contributed by atoms with Crippen molar-refractivity contribution in [2.75, 3.05) is 25.5 Å². The van der Waals surface area contributed by atoms with Gasteiger partial charge in [-0.1, -0.05) is 5.16 Å². The summed E-state index contributed by atoms with van der Waals surface area (Å²) in [5.41, 5.74) is 2.08. The normalized spacial score (nSPS) is 15.8. The number of benzene rings is 2. The number of methoxy groups -OCH3 is 2. The van der Waals surface area contributed by atoms with Gasteiger partial charge in [0.15, 0.2) is 11.4 Å². The van der Waals surface area contributed by atoms with Gasteiger partial charge in [-0.15, -0.1) is 0 Å². The maximum Gasteiger partial charge on any atom is 0.266 e. The number of nitrogens with one attached hydrogen (secondary N) is 1. The Morgan fingerprint density at radius 3 is 2.68 bits per heavy atom. The summed E-state index contributed by atoms with van der Waals surface area (Å²) in [4.78, 5) is 0.0240. The third kappa shape index (κ3) is 3.26. The zero-order valence-corrected chi connectivity index (χ0v) is 19.4. The Morgan fingerprint density at radius 1 is 1.15 bits per heavy atom. The number of hydrogen-bond acceptors (Lipinski definition) is 8. The van der Waals surface area contributed by atoms with Crippen molar-refractivity contribution in [1.29, 1.82) is 0 Å². The molecule has 6 rings (SSSR count). The summed E-state index contributed by atoms with van der Waals surface area (Å²) in [6.07, 6.45) is 5.50. The van der Waals surface area contributed by atoms with Gasteiger partial charge >= 0.3 is 0 Å². The van der Waals surface area contributed by atoms with Crippen LogP contribution in [0.4, 0.5) is 5.82 Å². The molecule has 0 unspecified atom stereocenters. The number of ether oxygens (including phenoxy) is 3. The Labute approximate surface area is 195 Å². The molecular formula is C23H22N4O6S. The largest absolute Gasteiger partial charge is 0.496 e. The van der Waals surface area contributed by atoms with Crippen molar-refractivity contribution >= 4 is 26.8 Å². The lowest BCUT2D eigenvalue weighted by Crippen LogP contribution is -2.15. The number of sulfonamides is 1. The Hall–Kier alpha value is -3.73. The first kappa shape index (κ1) is 20.8. The summed E-state index contributed by atoms with van der Waals surface area (Å²) in [5.74, 6) is 1.35. The van der Waals surface area contributed by atoms with Crippen LogP contribution in [-0.2, 0) is 22.0 Å². The third-order valence-corrected chi connectivity index (χ3v) is 7.80. The van der Waals surface area contributed by atoms with E-state index in [1.54, 1.807) is 29.1 Å². The van der Waals surface area contributed by atoms with Crippen LogP contribution in [0, 0.1) is 0 Å². The lowest BCUT2D eigenvalue weighted by Gasteiger charge is -2.13. The second-order valence-corrected chi connectivity index (χ2v) is 10.2. The third-order valence-electron chi connectivity index (χ3n) is 6.44. The average molecular weight is 483 g/mol. The van der Waals surface area contributed by atoms with Crippen molar-refractivity contribution in [1.82, 2.24) is 14.9 Å². The molecule has 0 atom stereocenters. The molecule has 0 radical (unpaired) electrons. The molecule has 11 heteroatoms. The van der Waals surface area contributed by atoms with Gasteiger partial charge in [0.2, 0.25) is 0 Å². The number of rotatable bonds is 7. The van der Waals surface area contributed by atoms with Crippen molar-refractivity contribution in [3.63, 3.8) is 0 Å². The van der Waals surface area contributed by atoms with E-state index >= 15 is 0 Å². The van der Waals surface area contributed by atoms with Gasteiger partial charge in [0.1, 0.15) is 27.5 Å². The van der Waals surface area contributed by atoms with Crippen molar-refractivity contribution in [2.45, 2.75) is 29.7 Å². The predicted molar refractivity (Wildman–Crippen MR) is 122 cm³/mol. The minimum Gasteiger partial charge on any atom is -0.496 e. The Kier molecular flexibility index (Phi) is 4.53. The molecule has 3 heterocycles. The van der Waals surface area contributed by atoms with Crippen LogP contribution in [0.1, 0.15) is 24.0 Å². The van der Waals surface area contributed by atoms with E-state index in [0.29, 0.717) is 35.6 Å². The second kappa shape index (κ2) is 7.39. The Balaban J connectivity index is 1.38. The first-order valence-corrected chi connectivity index (χ1v) is 12.2. The van der Waals surface area contributed by atoms with Crippen LogP contribution in [0.15, 0.2) is 52.1 Å². The Morgan fingerprint density at radius 2 is 1.97 bits per heavy atom. The van der Waals surface area contributed by atoms with Crippen molar-refractivity contribution in [2.24, 2.45) is 0 Å². The second-order valence-electron chi connectivity index (χ2n) is 8.58. The van der Waals surface area contributed by atoms with Gasteiger partial charge < -0.3 is 18.7 Å². The van der Waals surface area contributed by atoms with E-state index in [1.807, 2.05) is 18.3 Å². The lowest BCUT2D eigenvalue weighted by atomic mass is 9.98. The first-order chi connectivity index (χ1) is 16.4. The predicted octanol–water partition coefficient (Wildman–Crippen LogP) is 3.31. The number of nitrogens with zero attached hydrogens (tertiary/aromatic N) is 3. The molecule has 0 amide bonds. The quantitative estimate of drug-likeness (QED) is 0.426. The smallest absolute Gasteiger partial charge is 0.266 e. The molecule has 176 valence electrons. The van der Waals surface area contributed by atoms with Crippen molar-refractivity contribution in [3.8, 4) is 17.2 Å². The summed E-state index contributed by atoms with van der Waals surface area (Å²) >= 11 is 0. The minimum atomic E-state index is -4.06. The van der Waals surface area contributed by atoms with Crippen LogP contribution in [-0.4, -0.2) is 44.2 Å². The molecule has 1 N–H and O–H groups in total. The fourth-order valence-corrected chi connectivity index (χ4v) is 5.66. The maximum atomic E-state index is 13.5. The molecule has 1 aliphatic heterocycles. The van der Waals surface area contributed by atoms with Crippen molar-refractivity contribution in [3.05, 3.63) is 53.9 Å². The van der Waals surface area contributed by atoms with Crippen LogP contribution in [0.2, 0.25) is 0 Å². The molecule has 1 saturated carbocycles. The van der Waals surface area contributed by atoms with E-state index in [4.69, 9.17) is 18.7 Å². The van der Waals surface area contributed by atoms with Gasteiger partial charge in [-0.25, -0.2) is 8.42 Å². The molecule has 2 aromatic heterocycles. The van der Waals surface area contributed by atoms with Gasteiger partial charge in [-0.2, -0.15) is 5.10 Å². The zero-order chi connectivity index (χ0) is 23.5. The topological polar surface area (TPSA) is 118 Å². The van der Waals surface area contributed by atoms with Crippen LogP contribution < -0.4 is 18.9 Å². The van der Waals surface area contributed by atoms with E-state index in [2.05, 4.69) is 15.0 Å². The number of hydrogen-bond donors (Lipinski definition) is 1. The summed E-state index contributed by atoms with van der Waals surface area (Å²) < 4.78 is 53.4. The van der Waals surface area contributed by atoms with Crippen LogP contribution >= 0.6 is 0 Å². The van der Waals surface area contributed by atoms with Crippen LogP contribution in [0.25, 0.3) is 11.0 Å². The van der Waals surface area contributed by atoms with E-state index in [-0.39, 0.29) is 21.9 Å². The fraction of sp³-hybridized carbons (Fsp3) is 0.304. The van der Waals surface area contributed by atoms with Gasteiger partial charge in [-0.3, -0.25) is 9.40 Å². The fourth-order valence-electron chi connectivity index (χ4n) is 4.48. The molecule has 2 aliphatic rings. The molecule has 4 aromatic rings. The maximum absolute atomic E-state index is 13.5. The van der Waals surface area contributed by atoms with Gasteiger partial charge in [0.25, 0.3) is 10.0 Å².